The van der Waals surface area contributed by atoms with Gasteiger partial charge >= 0.3 is 0 Å². The summed E-state index contributed by atoms with van der Waals surface area (Å²) in [6, 6.07) is 108. The van der Waals surface area contributed by atoms with Gasteiger partial charge in [0.05, 0.1) is 94.6 Å². The summed E-state index contributed by atoms with van der Waals surface area (Å²) in [5.74, 6) is 1.33. The summed E-state index contributed by atoms with van der Waals surface area (Å²) in [5.41, 5.74) is 28.7. The molecule has 6 amide bonds. The number of imidazole rings is 4. The van der Waals surface area contributed by atoms with E-state index in [9.17, 15) is 28.8 Å². The summed E-state index contributed by atoms with van der Waals surface area (Å²) in [6.45, 7) is 4.15. The van der Waals surface area contributed by atoms with Crippen LogP contribution in [0.5, 0.6) is 0 Å². The summed E-state index contributed by atoms with van der Waals surface area (Å²) < 4.78 is 0.989. The number of halogens is 1. The fraction of sp³-hybridized carbons (Fsp3) is 0.0169. The number of nitrogens with zero attached hydrogens (tertiary/aromatic N) is 7. The van der Waals surface area contributed by atoms with E-state index in [1.807, 2.05) is 158 Å². The van der Waals surface area contributed by atoms with Crippen molar-refractivity contribution >= 4 is 248 Å². The van der Waals surface area contributed by atoms with Crippen LogP contribution in [0, 0.1) is 13.8 Å². The Labute approximate surface area is 806 Å². The van der Waals surface area contributed by atoms with Crippen molar-refractivity contribution < 1.29 is 28.8 Å². The molecule has 23 heteroatoms. The van der Waals surface area contributed by atoms with Crippen molar-refractivity contribution in [1.82, 2.24) is 59.8 Å². The van der Waals surface area contributed by atoms with Gasteiger partial charge in [0.15, 0.2) is 0 Å². The van der Waals surface area contributed by atoms with Crippen molar-refractivity contribution in [2.75, 3.05) is 20.4 Å². The zero-order chi connectivity index (χ0) is 94.6. The molecule has 10 N–H and O–H groups in total. The van der Waals surface area contributed by atoms with E-state index in [1.165, 1.54) is 25.5 Å². The van der Waals surface area contributed by atoms with Gasteiger partial charge < -0.3 is 45.6 Å². The number of para-hydroxylation sites is 3. The summed E-state index contributed by atoms with van der Waals surface area (Å²) in [7, 11) is 0. The number of hydrogen-bond acceptors (Lipinski definition) is 11. The lowest BCUT2D eigenvalue weighted by Crippen LogP contribution is -2.29. The van der Waals surface area contributed by atoms with Crippen LogP contribution in [-0.4, -0.2) is 95.3 Å². The molecule has 0 saturated carbocycles. The molecular formula is C118H73BrN16O6. The molecule has 11 heterocycles. The molecule has 22 nitrogen and oxygen atoms in total. The number of imide groups is 3. The van der Waals surface area contributed by atoms with E-state index >= 15 is 0 Å². The van der Waals surface area contributed by atoms with Crippen LogP contribution >= 0.6 is 15.9 Å². The van der Waals surface area contributed by atoms with Crippen LogP contribution in [0.3, 0.4) is 0 Å². The van der Waals surface area contributed by atoms with Crippen molar-refractivity contribution in [2.45, 2.75) is 13.8 Å². The summed E-state index contributed by atoms with van der Waals surface area (Å²) in [6.07, 6.45) is 3.93. The largest absolute Gasteiger partial charge is 0.399 e. The van der Waals surface area contributed by atoms with E-state index in [2.05, 4.69) is 185 Å². The molecule has 668 valence electrons. The number of aryl methyl sites for hydroxylation is 2. The Bertz CT molecular complexity index is 10100. The summed E-state index contributed by atoms with van der Waals surface area (Å²) in [5, 5.41) is 21.1. The molecule has 3 aliphatic rings. The molecule has 141 heavy (non-hydrogen) atoms. The predicted molar refractivity (Wildman–Crippen MR) is 568 cm³/mol. The standard InChI is InChI=1S/C32H20N4O2.C31H17BrN4O2.C31H18N4O2.C24H18N4/c1-17-27(24-12-6-7-13-26(24)33-17)30-34-28-21-9-3-2-8-19(21)20-15-14-18(16-25(20)29(28)35-30)36-31(37)22-10-4-5-11-23(22)32(36)38;32-16-9-12-26-23(13-16)25(15-33-26)29-34-27-20-6-2-1-5-18(20)19-11-10-17(14-24(19)28(27)35-29)36-30(37)21-7-3-4-8-22(21)31(36)38;36-30-22-10-3-4-11-23(22)31(37)35(30)17-13-14-19-18-7-1-2-9-21(18)27-28(24(19)15-17)34-29(33-27)25-16-32-26-12-6-5-8-20(25)26;1-13-21(18-8-4-5-9-20(18)26-13)24-27-22-16-7-3-2-6-15(16)19-12-14(25)10-11-17(19)23(22)28-24/h2-16,33H,1H3,(H,34,35);1-15,33H,(H,34,35);1-16,32H,(H,33,34);2-12,26H,25H2,1H3,(H,27,28). The predicted octanol–water partition coefficient (Wildman–Crippen LogP) is 27.4. The van der Waals surface area contributed by atoms with Gasteiger partial charge in [-0.3, -0.25) is 28.8 Å². The minimum absolute atomic E-state index is 0.304. The van der Waals surface area contributed by atoms with Crippen LogP contribution < -0.4 is 20.4 Å². The number of nitrogens with two attached hydrogens (primary N) is 1. The van der Waals surface area contributed by atoms with E-state index < -0.39 is 0 Å². The van der Waals surface area contributed by atoms with Gasteiger partial charge in [-0.05, 0) is 178 Å². The van der Waals surface area contributed by atoms with E-state index in [1.54, 1.807) is 72.8 Å². The number of nitrogen functional groups attached to an aromatic ring is 1. The first kappa shape index (κ1) is 81.5. The van der Waals surface area contributed by atoms with Crippen LogP contribution in [0.2, 0.25) is 0 Å². The number of anilines is 4. The van der Waals surface area contributed by atoms with Crippen LogP contribution in [0.15, 0.2) is 351 Å². The number of benzene rings is 19. The highest BCUT2D eigenvalue weighted by Gasteiger charge is 2.40. The maximum absolute atomic E-state index is 13.2. The Morgan fingerprint density at radius 3 is 0.901 bits per heavy atom. The molecule has 19 aromatic carbocycles. The van der Waals surface area contributed by atoms with Gasteiger partial charge in [0, 0.05) is 143 Å². The quantitative estimate of drug-likeness (QED) is 0.0410. The van der Waals surface area contributed by atoms with Gasteiger partial charge in [0.1, 0.15) is 23.3 Å². The van der Waals surface area contributed by atoms with E-state index in [0.29, 0.717) is 50.4 Å². The topological polar surface area (TPSA) is 316 Å². The van der Waals surface area contributed by atoms with Crippen molar-refractivity contribution in [3.05, 3.63) is 395 Å². The number of aromatic nitrogens is 12. The number of fused-ring (bicyclic) bond motifs is 31. The van der Waals surface area contributed by atoms with Crippen molar-refractivity contribution in [1.29, 1.82) is 0 Å². The monoisotopic (exact) mass is 1890 g/mol. The highest BCUT2D eigenvalue weighted by Crippen LogP contribution is 2.47. The minimum atomic E-state index is -0.309. The molecule has 0 aliphatic carbocycles. The van der Waals surface area contributed by atoms with E-state index in [-0.39, 0.29) is 35.4 Å². The van der Waals surface area contributed by atoms with E-state index in [4.69, 9.17) is 25.7 Å². The van der Waals surface area contributed by atoms with Crippen LogP contribution in [0.25, 0.3) is 219 Å². The number of carbonyl (C=O) groups is 6. The zero-order valence-electron chi connectivity index (χ0n) is 74.9. The maximum atomic E-state index is 13.2. The number of amides is 6. The van der Waals surface area contributed by atoms with E-state index in [0.717, 1.165) is 230 Å². The molecule has 27 aromatic rings. The molecule has 0 fully saturated rings. The van der Waals surface area contributed by atoms with Crippen molar-refractivity contribution in [2.24, 2.45) is 0 Å². The molecular weight excluding hydrogens is 1820 g/mol. The highest BCUT2D eigenvalue weighted by atomic mass is 79.9. The van der Waals surface area contributed by atoms with Crippen LogP contribution in [0.4, 0.5) is 22.7 Å². The van der Waals surface area contributed by atoms with Gasteiger partial charge in [-0.25, -0.2) is 34.6 Å². The van der Waals surface area contributed by atoms with Gasteiger partial charge in [-0.15, -0.1) is 0 Å². The lowest BCUT2D eigenvalue weighted by atomic mass is 9.99. The lowest BCUT2D eigenvalue weighted by Gasteiger charge is -2.15. The molecule has 0 radical (unpaired) electrons. The van der Waals surface area contributed by atoms with Gasteiger partial charge in [-0.2, -0.15) is 0 Å². The van der Waals surface area contributed by atoms with Crippen molar-refractivity contribution in [3.8, 4) is 45.6 Å². The number of nitrogens with one attached hydrogen (secondary N) is 8. The number of hydrogen-bond donors (Lipinski definition) is 9. The second-order valence-electron chi connectivity index (χ2n) is 35.9. The number of carbonyl (C=O) groups excluding carboxylic acids is 6. The van der Waals surface area contributed by atoms with Gasteiger partial charge in [0.2, 0.25) is 0 Å². The third-order valence-corrected chi connectivity index (χ3v) is 28.5. The molecule has 30 rings (SSSR count). The Hall–Kier alpha value is -19.0. The Balaban J connectivity index is 0.0000000948. The van der Waals surface area contributed by atoms with Gasteiger partial charge in [-0.1, -0.05) is 228 Å². The fourth-order valence-electron chi connectivity index (χ4n) is 21.6. The number of rotatable bonds is 7. The SMILES string of the molecule is Cc1[nH]c2ccccc2c1-c1nc2c3ccccc3c3cc(N)ccc3c2[nH]1.Cc1[nH]c2ccccc2c1-c1nc2c3ccccc3c3ccc(N4C(=O)c5ccccc5C4=O)cc3c2[nH]1.O=C1c2ccccc2C(=O)N1c1ccc2c3ccccc3c3nc(-c4c[nH]c5ccc(Br)cc45)[nH]c3c2c1.O=C1c2ccccc2C(=O)N1c1ccc2c3ccccc3c3nc(-c4c[nH]c5ccccc45)[nH]c3c2c1. The molecule has 0 bridgehead atoms. The normalized spacial score (nSPS) is 13.1. The molecule has 0 unspecified atom stereocenters. The first-order valence-corrected chi connectivity index (χ1v) is 46.9. The van der Waals surface area contributed by atoms with Crippen molar-refractivity contribution in [3.63, 3.8) is 0 Å². The van der Waals surface area contributed by atoms with Crippen LogP contribution in [0.1, 0.15) is 73.5 Å². The third kappa shape index (κ3) is 12.5. The lowest BCUT2D eigenvalue weighted by molar-refractivity contribution is 0.0910. The zero-order valence-corrected chi connectivity index (χ0v) is 76.5. The second-order valence-corrected chi connectivity index (χ2v) is 36.8. The molecule has 8 aromatic heterocycles. The average molecular weight is 1890 g/mol. The Kier molecular flexibility index (Phi) is 18.1. The summed E-state index contributed by atoms with van der Waals surface area (Å²) in [4.78, 5) is 131. The molecule has 3 aliphatic heterocycles. The number of H-pyrrole nitrogens is 8. The smallest absolute Gasteiger partial charge is 0.266 e. The number of aromatic amines is 8. The van der Waals surface area contributed by atoms with Crippen LogP contribution in [-0.2, 0) is 0 Å². The highest BCUT2D eigenvalue weighted by molar-refractivity contribution is 9.10. The maximum Gasteiger partial charge on any atom is 0.266 e. The Morgan fingerprint density at radius 2 is 0.518 bits per heavy atom. The second kappa shape index (κ2) is 31.3. The molecule has 0 spiro atoms. The molecule has 0 atom stereocenters. The first-order chi connectivity index (χ1) is 69.1. The Morgan fingerprint density at radius 1 is 0.234 bits per heavy atom. The van der Waals surface area contributed by atoms with Gasteiger partial charge in [0.25, 0.3) is 35.4 Å². The molecule has 0 saturated heterocycles. The third-order valence-electron chi connectivity index (χ3n) is 28.0. The first-order valence-electron chi connectivity index (χ1n) is 46.1. The average Bonchev–Trinajstić information content (AvgIpc) is 1.60. The fourth-order valence-corrected chi connectivity index (χ4v) is 21.9. The summed E-state index contributed by atoms with van der Waals surface area (Å²) >= 11 is 3.58. The minimum Gasteiger partial charge on any atom is -0.399 e.